The van der Waals surface area contributed by atoms with Crippen LogP contribution < -0.4 is 5.73 Å². The van der Waals surface area contributed by atoms with E-state index >= 15 is 0 Å². The Morgan fingerprint density at radius 1 is 1.57 bits per heavy atom. The van der Waals surface area contributed by atoms with Crippen molar-refractivity contribution in [2.24, 2.45) is 5.92 Å². The lowest BCUT2D eigenvalue weighted by Crippen LogP contribution is -2.32. The summed E-state index contributed by atoms with van der Waals surface area (Å²) in [4.78, 5) is 6.75. The normalized spacial score (nSPS) is 20.1. The molecule has 1 aliphatic rings. The molecular weight excluding hydrogens is 194 g/mol. The van der Waals surface area contributed by atoms with Gasteiger partial charge in [-0.05, 0) is 31.8 Å². The first-order valence-electron chi connectivity index (χ1n) is 5.16. The third kappa shape index (κ3) is 2.45. The minimum atomic E-state index is 0.662. The lowest BCUT2D eigenvalue weighted by atomic mass is 9.99. The van der Waals surface area contributed by atoms with E-state index in [1.807, 2.05) is 5.38 Å². The molecule has 0 spiro atoms. The van der Waals surface area contributed by atoms with Gasteiger partial charge in [-0.1, -0.05) is 6.92 Å². The van der Waals surface area contributed by atoms with E-state index in [4.69, 9.17) is 5.73 Å². The Morgan fingerprint density at radius 2 is 2.29 bits per heavy atom. The fraction of sp³-hybridized carbons (Fsp3) is 0.700. The summed E-state index contributed by atoms with van der Waals surface area (Å²) in [6.07, 6.45) is 2.64. The highest BCUT2D eigenvalue weighted by Gasteiger charge is 2.16. The molecule has 2 N–H and O–H groups in total. The van der Waals surface area contributed by atoms with Crippen LogP contribution in [0.2, 0.25) is 0 Å². The van der Waals surface area contributed by atoms with Crippen molar-refractivity contribution in [2.75, 3.05) is 18.8 Å². The van der Waals surface area contributed by atoms with Crippen LogP contribution in [0.1, 0.15) is 24.8 Å². The molecule has 14 heavy (non-hydrogen) atoms. The van der Waals surface area contributed by atoms with Gasteiger partial charge in [-0.2, -0.15) is 0 Å². The first kappa shape index (κ1) is 9.93. The lowest BCUT2D eigenvalue weighted by Gasteiger charge is -2.29. The SMILES string of the molecule is CC1CCN(Cc2nc(N)cs2)CC1. The third-order valence-electron chi connectivity index (χ3n) is 2.80. The molecule has 0 atom stereocenters. The van der Waals surface area contributed by atoms with Crippen molar-refractivity contribution < 1.29 is 0 Å². The molecular formula is C10H17N3S. The molecule has 1 aromatic rings. The Bertz CT molecular complexity index is 289. The maximum absolute atomic E-state index is 5.59. The summed E-state index contributed by atoms with van der Waals surface area (Å²) < 4.78 is 0. The molecule has 1 saturated heterocycles. The number of hydrogen-bond acceptors (Lipinski definition) is 4. The number of rotatable bonds is 2. The van der Waals surface area contributed by atoms with Crippen molar-refractivity contribution in [3.8, 4) is 0 Å². The summed E-state index contributed by atoms with van der Waals surface area (Å²) in [6.45, 7) is 5.73. The second-order valence-corrected chi connectivity index (χ2v) is 5.07. The first-order valence-corrected chi connectivity index (χ1v) is 6.04. The first-order chi connectivity index (χ1) is 6.74. The van der Waals surface area contributed by atoms with Crippen molar-refractivity contribution >= 4 is 17.2 Å². The van der Waals surface area contributed by atoms with E-state index in [9.17, 15) is 0 Å². The van der Waals surface area contributed by atoms with E-state index < -0.39 is 0 Å². The molecule has 0 unspecified atom stereocenters. The fourth-order valence-electron chi connectivity index (χ4n) is 1.81. The van der Waals surface area contributed by atoms with E-state index in [1.165, 1.54) is 25.9 Å². The van der Waals surface area contributed by atoms with Crippen LogP contribution in [-0.2, 0) is 6.54 Å². The highest BCUT2D eigenvalue weighted by atomic mass is 32.1. The number of nitrogen functional groups attached to an aromatic ring is 1. The minimum Gasteiger partial charge on any atom is -0.383 e. The molecule has 0 aliphatic carbocycles. The topological polar surface area (TPSA) is 42.2 Å². The quantitative estimate of drug-likeness (QED) is 0.813. The fourth-order valence-corrected chi connectivity index (χ4v) is 2.53. The highest BCUT2D eigenvalue weighted by Crippen LogP contribution is 2.19. The summed E-state index contributed by atoms with van der Waals surface area (Å²) in [6, 6.07) is 0. The van der Waals surface area contributed by atoms with Crippen molar-refractivity contribution in [3.63, 3.8) is 0 Å². The second-order valence-electron chi connectivity index (χ2n) is 4.12. The largest absolute Gasteiger partial charge is 0.383 e. The van der Waals surface area contributed by atoms with Gasteiger partial charge in [0.15, 0.2) is 0 Å². The summed E-state index contributed by atoms with van der Waals surface area (Å²) in [5, 5.41) is 3.07. The number of thiazole rings is 1. The molecule has 1 fully saturated rings. The number of anilines is 1. The monoisotopic (exact) mass is 211 g/mol. The van der Waals surface area contributed by atoms with Gasteiger partial charge in [-0.3, -0.25) is 4.90 Å². The van der Waals surface area contributed by atoms with Gasteiger partial charge in [-0.25, -0.2) is 4.98 Å². The van der Waals surface area contributed by atoms with Gasteiger partial charge in [-0.15, -0.1) is 11.3 Å². The summed E-state index contributed by atoms with van der Waals surface area (Å²) >= 11 is 1.67. The average Bonchev–Trinajstić information content (AvgIpc) is 2.56. The number of nitrogens with zero attached hydrogens (tertiary/aromatic N) is 2. The molecule has 1 aromatic heterocycles. The molecule has 2 heterocycles. The van der Waals surface area contributed by atoms with E-state index in [2.05, 4.69) is 16.8 Å². The van der Waals surface area contributed by atoms with E-state index in [0.29, 0.717) is 5.82 Å². The maximum Gasteiger partial charge on any atom is 0.134 e. The predicted molar refractivity (Wildman–Crippen MR) is 60.2 cm³/mol. The number of likely N-dealkylation sites (tertiary alicyclic amines) is 1. The van der Waals surface area contributed by atoms with Gasteiger partial charge in [0, 0.05) is 5.38 Å². The van der Waals surface area contributed by atoms with Crippen molar-refractivity contribution in [1.82, 2.24) is 9.88 Å². The van der Waals surface area contributed by atoms with Crippen molar-refractivity contribution in [3.05, 3.63) is 10.4 Å². The Morgan fingerprint density at radius 3 is 2.86 bits per heavy atom. The van der Waals surface area contributed by atoms with E-state index in [1.54, 1.807) is 11.3 Å². The number of piperidine rings is 1. The van der Waals surface area contributed by atoms with Crippen LogP contribution in [0.25, 0.3) is 0 Å². The van der Waals surface area contributed by atoms with Gasteiger partial charge in [0.2, 0.25) is 0 Å². The Labute approximate surface area is 88.9 Å². The molecule has 0 aromatic carbocycles. The third-order valence-corrected chi connectivity index (χ3v) is 3.66. The zero-order chi connectivity index (χ0) is 9.97. The standard InChI is InChI=1S/C10H17N3S/c1-8-2-4-13(5-3-8)6-10-12-9(11)7-14-10/h7-8H,2-6,11H2,1H3. The van der Waals surface area contributed by atoms with E-state index in [0.717, 1.165) is 17.5 Å². The van der Waals surface area contributed by atoms with E-state index in [-0.39, 0.29) is 0 Å². The number of hydrogen-bond donors (Lipinski definition) is 1. The van der Waals surface area contributed by atoms with Gasteiger partial charge in [0.05, 0.1) is 6.54 Å². The Kier molecular flexibility index (Phi) is 3.03. The smallest absolute Gasteiger partial charge is 0.134 e. The van der Waals surface area contributed by atoms with Crippen LogP contribution in [0.4, 0.5) is 5.82 Å². The van der Waals surface area contributed by atoms with Crippen molar-refractivity contribution in [2.45, 2.75) is 26.3 Å². The summed E-state index contributed by atoms with van der Waals surface area (Å²) in [7, 11) is 0. The molecule has 1 aliphatic heterocycles. The molecule has 2 rings (SSSR count). The zero-order valence-electron chi connectivity index (χ0n) is 8.57. The minimum absolute atomic E-state index is 0.662. The van der Waals surface area contributed by atoms with Crippen LogP contribution in [-0.4, -0.2) is 23.0 Å². The van der Waals surface area contributed by atoms with Gasteiger partial charge in [0.1, 0.15) is 10.8 Å². The summed E-state index contributed by atoms with van der Waals surface area (Å²) in [5.41, 5.74) is 5.59. The van der Waals surface area contributed by atoms with Gasteiger partial charge in [0.25, 0.3) is 0 Å². The number of aromatic nitrogens is 1. The maximum atomic E-state index is 5.59. The molecule has 3 nitrogen and oxygen atoms in total. The Balaban J connectivity index is 1.86. The zero-order valence-corrected chi connectivity index (χ0v) is 9.39. The lowest BCUT2D eigenvalue weighted by molar-refractivity contribution is 0.185. The average molecular weight is 211 g/mol. The van der Waals surface area contributed by atoms with Gasteiger partial charge >= 0.3 is 0 Å². The molecule has 78 valence electrons. The molecule has 0 bridgehead atoms. The second kappa shape index (κ2) is 4.28. The molecule has 0 radical (unpaired) electrons. The van der Waals surface area contributed by atoms with Crippen LogP contribution in [0.5, 0.6) is 0 Å². The molecule has 0 saturated carbocycles. The van der Waals surface area contributed by atoms with Gasteiger partial charge < -0.3 is 5.73 Å². The predicted octanol–water partition coefficient (Wildman–Crippen LogP) is 1.96. The number of nitrogens with two attached hydrogens (primary N) is 1. The van der Waals surface area contributed by atoms with Crippen LogP contribution in [0, 0.1) is 5.92 Å². The highest BCUT2D eigenvalue weighted by molar-refractivity contribution is 7.09. The van der Waals surface area contributed by atoms with Crippen LogP contribution in [0.3, 0.4) is 0 Å². The van der Waals surface area contributed by atoms with Crippen LogP contribution >= 0.6 is 11.3 Å². The summed E-state index contributed by atoms with van der Waals surface area (Å²) in [5.74, 6) is 1.56. The molecule has 0 amide bonds. The Hall–Kier alpha value is -0.610. The van der Waals surface area contributed by atoms with Crippen LogP contribution in [0.15, 0.2) is 5.38 Å². The van der Waals surface area contributed by atoms with Crippen molar-refractivity contribution in [1.29, 1.82) is 0 Å². The molecule has 4 heteroatoms.